The van der Waals surface area contributed by atoms with E-state index in [1.165, 1.54) is 0 Å². The number of thioether (sulfide) groups is 1. The predicted molar refractivity (Wildman–Crippen MR) is 67.1 cm³/mol. The number of nitriles is 1. The topological polar surface area (TPSA) is 23.8 Å². The van der Waals surface area contributed by atoms with Gasteiger partial charge in [0.2, 0.25) is 0 Å². The summed E-state index contributed by atoms with van der Waals surface area (Å²) in [5.41, 5.74) is 0.372. The van der Waals surface area contributed by atoms with Crippen LogP contribution in [0.25, 0.3) is 0 Å². The molecule has 2 aromatic rings. The molecule has 0 aliphatic rings. The van der Waals surface area contributed by atoms with Crippen molar-refractivity contribution in [2.45, 2.75) is 9.90 Å². The highest BCUT2D eigenvalue weighted by Crippen LogP contribution is 2.42. The van der Waals surface area contributed by atoms with Crippen molar-refractivity contribution in [1.29, 1.82) is 5.26 Å². The maximum atomic E-state index is 14.5. The highest BCUT2D eigenvalue weighted by molar-refractivity contribution is 8.00. The summed E-state index contributed by atoms with van der Waals surface area (Å²) in [6.45, 7) is 0. The number of hydrogen-bond donors (Lipinski definition) is 0. The molecule has 2 rings (SSSR count). The first-order valence-electron chi connectivity index (χ1n) is 5.14. The standard InChI is InChI=1S/C14H10FNS/c15-14(11-16,12-7-3-1-4-8-12)17-13-9-5-2-6-10-13/h1-10H. The van der Waals surface area contributed by atoms with Crippen LogP contribution in [0.2, 0.25) is 0 Å². The smallest absolute Gasteiger partial charge is 0.209 e. The zero-order valence-electron chi connectivity index (χ0n) is 9.01. The summed E-state index contributed by atoms with van der Waals surface area (Å²) in [4.78, 5) is 0.736. The number of halogens is 1. The third-order valence-corrected chi connectivity index (χ3v) is 3.41. The minimum Gasteiger partial charge on any atom is -0.209 e. The Kier molecular flexibility index (Phi) is 3.46. The van der Waals surface area contributed by atoms with Crippen LogP contribution in [0.1, 0.15) is 5.56 Å². The van der Waals surface area contributed by atoms with E-state index in [1.807, 2.05) is 18.2 Å². The summed E-state index contributed by atoms with van der Waals surface area (Å²) >= 11 is 0.916. The molecule has 0 saturated heterocycles. The molecule has 0 aliphatic heterocycles. The van der Waals surface area contributed by atoms with Gasteiger partial charge in [0.25, 0.3) is 5.00 Å². The molecule has 0 amide bonds. The van der Waals surface area contributed by atoms with Gasteiger partial charge in [-0.3, -0.25) is 0 Å². The Labute approximate surface area is 104 Å². The Hall–Kier alpha value is -1.79. The molecule has 0 heterocycles. The molecule has 2 aromatic carbocycles. The van der Waals surface area contributed by atoms with Gasteiger partial charge in [0.15, 0.2) is 0 Å². The molecular formula is C14H10FNS. The van der Waals surface area contributed by atoms with Crippen molar-refractivity contribution in [3.05, 3.63) is 66.2 Å². The summed E-state index contributed by atoms with van der Waals surface area (Å²) in [7, 11) is 0. The fraction of sp³-hybridized carbons (Fsp3) is 0.0714. The predicted octanol–water partition coefficient (Wildman–Crippen LogP) is 4.12. The molecule has 0 radical (unpaired) electrons. The summed E-state index contributed by atoms with van der Waals surface area (Å²) in [5.74, 6) is 0. The lowest BCUT2D eigenvalue weighted by atomic mass is 10.1. The molecule has 0 fully saturated rings. The van der Waals surface area contributed by atoms with Crippen molar-refractivity contribution in [2.24, 2.45) is 0 Å². The largest absolute Gasteiger partial charge is 0.271 e. The number of rotatable bonds is 3. The third kappa shape index (κ3) is 2.66. The molecule has 1 atom stereocenters. The summed E-state index contributed by atoms with van der Waals surface area (Å²) in [6.07, 6.45) is 0. The van der Waals surface area contributed by atoms with Gasteiger partial charge in [-0.1, -0.05) is 60.3 Å². The van der Waals surface area contributed by atoms with Crippen LogP contribution < -0.4 is 0 Å². The van der Waals surface area contributed by atoms with Gasteiger partial charge >= 0.3 is 0 Å². The van der Waals surface area contributed by atoms with E-state index in [1.54, 1.807) is 48.5 Å². The van der Waals surface area contributed by atoms with Crippen molar-refractivity contribution in [1.82, 2.24) is 0 Å². The average molecular weight is 243 g/mol. The summed E-state index contributed by atoms with van der Waals surface area (Å²) < 4.78 is 14.5. The normalized spacial score (nSPS) is 13.6. The lowest BCUT2D eigenvalue weighted by Crippen LogP contribution is -2.12. The van der Waals surface area contributed by atoms with Gasteiger partial charge in [0.05, 0.1) is 0 Å². The number of nitrogens with zero attached hydrogens (tertiary/aromatic N) is 1. The zero-order valence-corrected chi connectivity index (χ0v) is 9.82. The lowest BCUT2D eigenvalue weighted by Gasteiger charge is -2.16. The second-order valence-corrected chi connectivity index (χ2v) is 4.73. The van der Waals surface area contributed by atoms with E-state index >= 15 is 0 Å². The molecule has 84 valence electrons. The molecule has 0 aliphatic carbocycles. The first-order valence-corrected chi connectivity index (χ1v) is 5.96. The Balaban J connectivity index is 2.31. The monoisotopic (exact) mass is 243 g/mol. The fourth-order valence-corrected chi connectivity index (χ4v) is 2.37. The van der Waals surface area contributed by atoms with Crippen molar-refractivity contribution in [2.75, 3.05) is 0 Å². The van der Waals surface area contributed by atoms with Crippen molar-refractivity contribution >= 4 is 11.8 Å². The minimum absolute atomic E-state index is 0.372. The van der Waals surface area contributed by atoms with Gasteiger partial charge in [-0.25, -0.2) is 4.39 Å². The van der Waals surface area contributed by atoms with Crippen LogP contribution in [0.4, 0.5) is 4.39 Å². The van der Waals surface area contributed by atoms with Crippen molar-refractivity contribution in [3.63, 3.8) is 0 Å². The average Bonchev–Trinajstić information content (AvgIpc) is 2.41. The van der Waals surface area contributed by atoms with Gasteiger partial charge in [0.1, 0.15) is 6.07 Å². The lowest BCUT2D eigenvalue weighted by molar-refractivity contribution is 0.376. The molecule has 0 aromatic heterocycles. The van der Waals surface area contributed by atoms with Crippen LogP contribution >= 0.6 is 11.8 Å². The molecule has 3 heteroatoms. The number of alkyl halides is 1. The van der Waals surface area contributed by atoms with Gasteiger partial charge in [-0.15, -0.1) is 0 Å². The zero-order chi connectivity index (χ0) is 12.1. The number of benzene rings is 2. The van der Waals surface area contributed by atoms with E-state index in [0.717, 1.165) is 16.7 Å². The summed E-state index contributed by atoms with van der Waals surface area (Å²) in [6, 6.07) is 19.3. The Bertz CT molecular complexity index is 521. The molecular weight excluding hydrogens is 233 g/mol. The maximum absolute atomic E-state index is 14.5. The van der Waals surface area contributed by atoms with E-state index in [-0.39, 0.29) is 0 Å². The van der Waals surface area contributed by atoms with Gasteiger partial charge < -0.3 is 0 Å². The van der Waals surface area contributed by atoms with Crippen molar-refractivity contribution < 1.29 is 4.39 Å². The Morgan fingerprint density at radius 2 is 1.47 bits per heavy atom. The molecule has 17 heavy (non-hydrogen) atoms. The number of hydrogen-bond acceptors (Lipinski definition) is 2. The highest BCUT2D eigenvalue weighted by atomic mass is 32.2. The molecule has 1 unspecified atom stereocenters. The van der Waals surface area contributed by atoms with Gasteiger partial charge in [0, 0.05) is 10.5 Å². The molecule has 0 saturated carbocycles. The molecule has 0 spiro atoms. The highest BCUT2D eigenvalue weighted by Gasteiger charge is 2.33. The Morgan fingerprint density at radius 3 is 2.00 bits per heavy atom. The van der Waals surface area contributed by atoms with Crippen LogP contribution in [-0.2, 0) is 5.00 Å². The van der Waals surface area contributed by atoms with Crippen LogP contribution in [-0.4, -0.2) is 0 Å². The Morgan fingerprint density at radius 1 is 0.941 bits per heavy atom. The maximum Gasteiger partial charge on any atom is 0.271 e. The third-order valence-electron chi connectivity index (χ3n) is 2.29. The van der Waals surface area contributed by atoms with Gasteiger partial charge in [-0.05, 0) is 12.1 Å². The second-order valence-electron chi connectivity index (χ2n) is 3.49. The van der Waals surface area contributed by atoms with Crippen LogP contribution in [0.15, 0.2) is 65.6 Å². The summed E-state index contributed by atoms with van der Waals surface area (Å²) in [5, 5.41) is 7.02. The van der Waals surface area contributed by atoms with Crippen LogP contribution in [0.5, 0.6) is 0 Å². The van der Waals surface area contributed by atoms with Gasteiger partial charge in [-0.2, -0.15) is 5.26 Å². The quantitative estimate of drug-likeness (QED) is 0.757. The van der Waals surface area contributed by atoms with E-state index < -0.39 is 5.00 Å². The van der Waals surface area contributed by atoms with Crippen molar-refractivity contribution in [3.8, 4) is 6.07 Å². The molecule has 1 nitrogen and oxygen atoms in total. The minimum atomic E-state index is -2.04. The van der Waals surface area contributed by atoms with E-state index in [4.69, 9.17) is 5.26 Å². The van der Waals surface area contributed by atoms with E-state index in [9.17, 15) is 4.39 Å². The first kappa shape index (κ1) is 11.7. The molecule has 0 N–H and O–H groups in total. The van der Waals surface area contributed by atoms with E-state index in [2.05, 4.69) is 0 Å². The SMILES string of the molecule is N#CC(F)(Sc1ccccc1)c1ccccc1. The first-order chi connectivity index (χ1) is 8.24. The second kappa shape index (κ2) is 5.03. The van der Waals surface area contributed by atoms with Crippen LogP contribution in [0, 0.1) is 11.3 Å². The van der Waals surface area contributed by atoms with E-state index in [0.29, 0.717) is 5.56 Å². The molecule has 0 bridgehead atoms. The van der Waals surface area contributed by atoms with Crippen LogP contribution in [0.3, 0.4) is 0 Å². The fourth-order valence-electron chi connectivity index (χ4n) is 1.45.